The fourth-order valence-electron chi connectivity index (χ4n) is 4.33. The number of fused-ring (bicyclic) bond motifs is 1. The molecule has 0 fully saturated rings. The third-order valence-corrected chi connectivity index (χ3v) is 7.98. The van der Waals surface area contributed by atoms with Crippen molar-refractivity contribution in [3.63, 3.8) is 0 Å². The Labute approximate surface area is 213 Å². The van der Waals surface area contributed by atoms with Crippen LogP contribution in [0.25, 0.3) is 0 Å². The van der Waals surface area contributed by atoms with Crippen molar-refractivity contribution in [2.24, 2.45) is 4.99 Å². The molecule has 4 rings (SSSR count). The average Bonchev–Trinajstić information content (AvgIpc) is 3.21. The Morgan fingerprint density at radius 3 is 2.25 bits per heavy atom. The molecule has 0 aliphatic carbocycles. The van der Waals surface area contributed by atoms with Crippen LogP contribution >= 0.6 is 0 Å². The van der Waals surface area contributed by atoms with Gasteiger partial charge in [-0.3, -0.25) is 14.1 Å². The zero-order chi connectivity index (χ0) is 25.7. The van der Waals surface area contributed by atoms with Gasteiger partial charge in [-0.15, -0.1) is 0 Å². The van der Waals surface area contributed by atoms with Crippen LogP contribution in [0.4, 0.5) is 17.1 Å². The lowest BCUT2D eigenvalue weighted by Crippen LogP contribution is -2.34. The monoisotopic (exact) mass is 504 g/mol. The second-order valence-corrected chi connectivity index (χ2v) is 11.2. The lowest BCUT2D eigenvalue weighted by Gasteiger charge is -2.24. The van der Waals surface area contributed by atoms with Gasteiger partial charge in [-0.1, -0.05) is 48.5 Å². The van der Waals surface area contributed by atoms with Gasteiger partial charge < -0.3 is 10.2 Å². The second kappa shape index (κ2) is 11.1. The van der Waals surface area contributed by atoms with Gasteiger partial charge in [0, 0.05) is 12.2 Å². The number of anilines is 2. The van der Waals surface area contributed by atoms with Crippen LogP contribution in [0.3, 0.4) is 0 Å². The highest BCUT2D eigenvalue weighted by Crippen LogP contribution is 2.36. The third kappa shape index (κ3) is 5.66. The van der Waals surface area contributed by atoms with Crippen molar-refractivity contribution < 1.29 is 13.2 Å². The predicted octanol–water partition coefficient (Wildman–Crippen LogP) is 4.65. The largest absolute Gasteiger partial charge is 0.325 e. The molecule has 0 bridgehead atoms. The van der Waals surface area contributed by atoms with E-state index in [0.29, 0.717) is 23.6 Å². The second-order valence-electron chi connectivity index (χ2n) is 9.02. The van der Waals surface area contributed by atoms with E-state index in [1.165, 1.54) is 4.31 Å². The van der Waals surface area contributed by atoms with Gasteiger partial charge in [0.2, 0.25) is 15.9 Å². The van der Waals surface area contributed by atoms with E-state index in [4.69, 9.17) is 4.99 Å². The molecule has 3 aromatic rings. The number of amides is 1. The molecule has 1 aliphatic heterocycles. The lowest BCUT2D eigenvalue weighted by atomic mass is 9.90. The summed E-state index contributed by atoms with van der Waals surface area (Å²) in [5, 5.41) is 2.96. The smallest absolute Gasteiger partial charge is 0.238 e. The standard InChI is InChI=1S/C28H32N4O3S/c1-4-36(34,35)32(20-10-19-31(2)3)23-17-15-22(16-18-23)29-27(21-11-6-5-7-12-21)26-24-13-8-9-14-25(24)30-28(26)33/h5-9,11-18,26H,4,10,19-20H2,1-3H3,(H,30,33). The Morgan fingerprint density at radius 1 is 0.917 bits per heavy atom. The van der Waals surface area contributed by atoms with E-state index in [-0.39, 0.29) is 11.7 Å². The Morgan fingerprint density at radius 2 is 1.58 bits per heavy atom. The van der Waals surface area contributed by atoms with Crippen molar-refractivity contribution in [2.75, 3.05) is 42.6 Å². The summed E-state index contributed by atoms with van der Waals surface area (Å²) in [6.07, 6.45) is 0.723. The van der Waals surface area contributed by atoms with E-state index in [1.807, 2.05) is 73.6 Å². The minimum Gasteiger partial charge on any atom is -0.325 e. The van der Waals surface area contributed by atoms with Crippen LogP contribution in [0.1, 0.15) is 30.4 Å². The molecule has 188 valence electrons. The molecule has 1 amide bonds. The van der Waals surface area contributed by atoms with Crippen LogP contribution < -0.4 is 9.62 Å². The van der Waals surface area contributed by atoms with Gasteiger partial charge in [0.15, 0.2) is 0 Å². The van der Waals surface area contributed by atoms with Crippen molar-refractivity contribution >= 4 is 38.7 Å². The highest BCUT2D eigenvalue weighted by molar-refractivity contribution is 7.92. The van der Waals surface area contributed by atoms with Crippen molar-refractivity contribution in [3.05, 3.63) is 90.0 Å². The predicted molar refractivity (Wildman–Crippen MR) is 147 cm³/mol. The number of carbonyl (C=O) groups excluding carboxylic acids is 1. The number of nitrogens with one attached hydrogen (secondary N) is 1. The van der Waals surface area contributed by atoms with Crippen molar-refractivity contribution in [1.29, 1.82) is 0 Å². The van der Waals surface area contributed by atoms with E-state index in [0.717, 1.165) is 29.8 Å². The number of aliphatic imine (C=N–C) groups is 1. The highest BCUT2D eigenvalue weighted by Gasteiger charge is 2.35. The fraction of sp³-hybridized carbons (Fsp3) is 0.286. The molecule has 1 unspecified atom stereocenters. The lowest BCUT2D eigenvalue weighted by molar-refractivity contribution is -0.115. The van der Waals surface area contributed by atoms with E-state index in [1.54, 1.807) is 31.2 Å². The Kier molecular flexibility index (Phi) is 7.86. The summed E-state index contributed by atoms with van der Waals surface area (Å²) in [6, 6.07) is 24.5. The molecule has 7 nitrogen and oxygen atoms in total. The highest BCUT2D eigenvalue weighted by atomic mass is 32.2. The van der Waals surface area contributed by atoms with E-state index < -0.39 is 15.9 Å². The van der Waals surface area contributed by atoms with E-state index in [9.17, 15) is 13.2 Å². The van der Waals surface area contributed by atoms with Gasteiger partial charge in [0.25, 0.3) is 0 Å². The van der Waals surface area contributed by atoms with Gasteiger partial charge in [0.1, 0.15) is 5.92 Å². The molecule has 3 aromatic carbocycles. The molecule has 0 saturated heterocycles. The van der Waals surface area contributed by atoms with Crippen LogP contribution in [-0.2, 0) is 14.8 Å². The van der Waals surface area contributed by atoms with E-state index >= 15 is 0 Å². The fourth-order valence-corrected chi connectivity index (χ4v) is 5.49. The minimum absolute atomic E-state index is 0.0310. The van der Waals surface area contributed by atoms with Crippen molar-refractivity contribution in [2.45, 2.75) is 19.3 Å². The molecule has 1 heterocycles. The van der Waals surface area contributed by atoms with Crippen molar-refractivity contribution in [1.82, 2.24) is 4.90 Å². The van der Waals surface area contributed by atoms with Gasteiger partial charge in [-0.25, -0.2) is 8.42 Å². The van der Waals surface area contributed by atoms with Crippen LogP contribution in [0, 0.1) is 0 Å². The number of carbonyl (C=O) groups is 1. The number of benzene rings is 3. The first-order chi connectivity index (χ1) is 17.3. The van der Waals surface area contributed by atoms with Crippen LogP contribution in [-0.4, -0.2) is 57.9 Å². The molecule has 0 saturated carbocycles. The first-order valence-corrected chi connectivity index (χ1v) is 13.7. The van der Waals surface area contributed by atoms with Crippen LogP contribution in [0.15, 0.2) is 83.9 Å². The minimum atomic E-state index is -3.42. The topological polar surface area (TPSA) is 82.1 Å². The molecule has 1 atom stereocenters. The first kappa shape index (κ1) is 25.6. The van der Waals surface area contributed by atoms with Gasteiger partial charge >= 0.3 is 0 Å². The molecular weight excluding hydrogens is 472 g/mol. The van der Waals surface area contributed by atoms with Crippen LogP contribution in [0.2, 0.25) is 0 Å². The molecule has 0 aromatic heterocycles. The number of para-hydroxylation sites is 1. The number of sulfonamides is 1. The summed E-state index contributed by atoms with van der Waals surface area (Å²) in [5.41, 5.74) is 4.45. The summed E-state index contributed by atoms with van der Waals surface area (Å²) >= 11 is 0. The van der Waals surface area contributed by atoms with Gasteiger partial charge in [-0.2, -0.15) is 0 Å². The summed E-state index contributed by atoms with van der Waals surface area (Å²) in [4.78, 5) is 20.0. The number of nitrogens with zero attached hydrogens (tertiary/aromatic N) is 3. The average molecular weight is 505 g/mol. The van der Waals surface area contributed by atoms with Gasteiger partial charge in [-0.05, 0) is 75.4 Å². The zero-order valence-corrected chi connectivity index (χ0v) is 21.7. The third-order valence-electron chi connectivity index (χ3n) is 6.19. The molecule has 0 spiro atoms. The van der Waals surface area contributed by atoms with Crippen molar-refractivity contribution in [3.8, 4) is 0 Å². The molecule has 1 N–H and O–H groups in total. The van der Waals surface area contributed by atoms with E-state index in [2.05, 4.69) is 5.32 Å². The van der Waals surface area contributed by atoms with Gasteiger partial charge in [0.05, 0.1) is 22.8 Å². The quantitative estimate of drug-likeness (QED) is 0.408. The first-order valence-electron chi connectivity index (χ1n) is 12.1. The normalized spacial score (nSPS) is 15.6. The summed E-state index contributed by atoms with van der Waals surface area (Å²) in [5.74, 6) is -0.619. The Balaban J connectivity index is 1.70. The zero-order valence-electron chi connectivity index (χ0n) is 20.9. The summed E-state index contributed by atoms with van der Waals surface area (Å²) in [6.45, 7) is 2.86. The summed E-state index contributed by atoms with van der Waals surface area (Å²) in [7, 11) is 0.524. The molecule has 1 aliphatic rings. The number of hydrogen-bond donors (Lipinski definition) is 1. The molecular formula is C28H32N4O3S. The SMILES string of the molecule is CCS(=O)(=O)N(CCCN(C)C)c1ccc(N=C(c2ccccc2)C2C(=O)Nc3ccccc32)cc1. The maximum Gasteiger partial charge on any atom is 0.238 e. The maximum atomic E-state index is 13.0. The maximum absolute atomic E-state index is 13.0. The molecule has 8 heteroatoms. The number of hydrogen-bond acceptors (Lipinski definition) is 5. The number of rotatable bonds is 10. The molecule has 0 radical (unpaired) electrons. The Hall–Kier alpha value is -3.49. The Bertz CT molecular complexity index is 1340. The molecule has 36 heavy (non-hydrogen) atoms. The summed E-state index contributed by atoms with van der Waals surface area (Å²) < 4.78 is 27.1. The van der Waals surface area contributed by atoms with Crippen LogP contribution in [0.5, 0.6) is 0 Å².